The summed E-state index contributed by atoms with van der Waals surface area (Å²) in [6, 6.07) is 7.62. The van der Waals surface area contributed by atoms with E-state index >= 15 is 0 Å². The molecule has 22 heavy (non-hydrogen) atoms. The summed E-state index contributed by atoms with van der Waals surface area (Å²) in [5.41, 5.74) is 0.889. The van der Waals surface area contributed by atoms with E-state index in [4.69, 9.17) is 0 Å². The second-order valence-corrected chi connectivity index (χ2v) is 6.16. The quantitative estimate of drug-likeness (QED) is 0.905. The molecule has 1 fully saturated rings. The molecule has 2 N–H and O–H groups in total. The Kier molecular flexibility index (Phi) is 3.60. The van der Waals surface area contributed by atoms with Crippen LogP contribution in [0.3, 0.4) is 0 Å². The van der Waals surface area contributed by atoms with Crippen molar-refractivity contribution < 1.29 is 14.7 Å². The van der Waals surface area contributed by atoms with Crippen LogP contribution < -0.4 is 0 Å². The summed E-state index contributed by atoms with van der Waals surface area (Å²) in [5, 5.41) is 9.33. The van der Waals surface area contributed by atoms with Crippen LogP contribution in [0, 0.1) is 5.41 Å². The van der Waals surface area contributed by atoms with Crippen molar-refractivity contribution in [3.05, 3.63) is 30.1 Å². The summed E-state index contributed by atoms with van der Waals surface area (Å²) in [6.45, 7) is 2.58. The van der Waals surface area contributed by atoms with Crippen LogP contribution in [0.2, 0.25) is 0 Å². The highest BCUT2D eigenvalue weighted by Gasteiger charge is 2.39. The summed E-state index contributed by atoms with van der Waals surface area (Å²) in [7, 11) is 0. The zero-order valence-corrected chi connectivity index (χ0v) is 12.5. The maximum atomic E-state index is 12.4. The summed E-state index contributed by atoms with van der Waals surface area (Å²) in [4.78, 5) is 33.0. The van der Waals surface area contributed by atoms with E-state index in [0.29, 0.717) is 25.2 Å². The first kappa shape index (κ1) is 14.6. The lowest BCUT2D eigenvalue weighted by atomic mass is 9.82. The monoisotopic (exact) mass is 301 g/mol. The zero-order valence-electron chi connectivity index (χ0n) is 12.5. The van der Waals surface area contributed by atoms with E-state index in [9.17, 15) is 14.7 Å². The van der Waals surface area contributed by atoms with Crippen LogP contribution in [-0.4, -0.2) is 44.9 Å². The summed E-state index contributed by atoms with van der Waals surface area (Å²) >= 11 is 0. The highest BCUT2D eigenvalue weighted by molar-refractivity contribution is 5.82. The Morgan fingerprint density at radius 1 is 1.41 bits per heavy atom. The fourth-order valence-electron chi connectivity index (χ4n) is 2.97. The molecule has 0 bridgehead atoms. The molecule has 0 saturated carbocycles. The number of carbonyl (C=O) groups excluding carboxylic acids is 1. The molecule has 3 rings (SSSR count). The van der Waals surface area contributed by atoms with Crippen LogP contribution in [0.4, 0.5) is 0 Å². The van der Waals surface area contributed by atoms with Crippen LogP contribution in [0.1, 0.15) is 25.6 Å². The van der Waals surface area contributed by atoms with E-state index in [1.165, 1.54) is 0 Å². The van der Waals surface area contributed by atoms with Gasteiger partial charge in [-0.1, -0.05) is 12.1 Å². The van der Waals surface area contributed by atoms with Gasteiger partial charge in [0.05, 0.1) is 22.9 Å². The molecule has 1 aliphatic heterocycles. The summed E-state index contributed by atoms with van der Waals surface area (Å²) in [5.74, 6) is -0.297. The number of nitrogens with zero attached hydrogens (tertiary/aromatic N) is 2. The van der Waals surface area contributed by atoms with Crippen molar-refractivity contribution in [1.29, 1.82) is 0 Å². The first-order valence-electron chi connectivity index (χ1n) is 7.43. The summed E-state index contributed by atoms with van der Waals surface area (Å²) < 4.78 is 0. The zero-order chi connectivity index (χ0) is 15.7. The molecule has 1 saturated heterocycles. The van der Waals surface area contributed by atoms with Gasteiger partial charge in [0.15, 0.2) is 0 Å². The molecule has 0 aliphatic carbocycles. The van der Waals surface area contributed by atoms with Gasteiger partial charge in [0.25, 0.3) is 0 Å². The first-order valence-corrected chi connectivity index (χ1v) is 7.43. The van der Waals surface area contributed by atoms with Gasteiger partial charge in [-0.15, -0.1) is 0 Å². The van der Waals surface area contributed by atoms with Gasteiger partial charge in [-0.3, -0.25) is 9.59 Å². The van der Waals surface area contributed by atoms with Crippen LogP contribution in [-0.2, 0) is 16.0 Å². The maximum absolute atomic E-state index is 12.4. The van der Waals surface area contributed by atoms with Gasteiger partial charge >= 0.3 is 5.97 Å². The normalized spacial score (nSPS) is 22.0. The Morgan fingerprint density at radius 2 is 2.18 bits per heavy atom. The maximum Gasteiger partial charge on any atom is 0.311 e. The Labute approximate surface area is 128 Å². The number of amides is 1. The molecule has 1 atom stereocenters. The third-order valence-electron chi connectivity index (χ3n) is 4.32. The number of rotatable bonds is 3. The minimum absolute atomic E-state index is 0.0776. The molecule has 1 aliphatic rings. The van der Waals surface area contributed by atoms with Gasteiger partial charge in [-0.05, 0) is 31.9 Å². The fraction of sp³-hybridized carbons (Fsp3) is 0.438. The number of carboxylic acids is 1. The standard InChI is InChI=1S/C16H19N3O3/c1-16(15(21)22)7-4-8-19(10-16)14(20)9-13-17-11-5-2-3-6-12(11)18-13/h2-3,5-6H,4,7-10H2,1H3,(H,17,18)(H,21,22). The molecule has 1 aromatic carbocycles. The molecule has 6 nitrogen and oxygen atoms in total. The first-order chi connectivity index (χ1) is 10.5. The molecule has 116 valence electrons. The highest BCUT2D eigenvalue weighted by Crippen LogP contribution is 2.30. The topological polar surface area (TPSA) is 86.3 Å². The Morgan fingerprint density at radius 3 is 2.91 bits per heavy atom. The number of fused-ring (bicyclic) bond motifs is 1. The number of imidazole rings is 1. The SMILES string of the molecule is CC1(C(=O)O)CCCN(C(=O)Cc2nc3ccccc3[nH]2)C1. The van der Waals surface area contributed by atoms with Gasteiger partial charge in [-0.25, -0.2) is 4.98 Å². The van der Waals surface area contributed by atoms with Crippen LogP contribution in [0.25, 0.3) is 11.0 Å². The van der Waals surface area contributed by atoms with Crippen molar-refractivity contribution in [3.63, 3.8) is 0 Å². The number of aromatic nitrogens is 2. The number of para-hydroxylation sites is 2. The second-order valence-electron chi connectivity index (χ2n) is 6.16. The molecule has 2 aromatic rings. The van der Waals surface area contributed by atoms with Crippen molar-refractivity contribution in [3.8, 4) is 0 Å². The lowest BCUT2D eigenvalue weighted by Gasteiger charge is -2.37. The average Bonchev–Trinajstić information content (AvgIpc) is 2.89. The van der Waals surface area contributed by atoms with Gasteiger partial charge in [0, 0.05) is 13.1 Å². The molecule has 1 amide bonds. The van der Waals surface area contributed by atoms with Crippen LogP contribution in [0.5, 0.6) is 0 Å². The lowest BCUT2D eigenvalue weighted by Crippen LogP contribution is -2.48. The van der Waals surface area contributed by atoms with E-state index in [2.05, 4.69) is 9.97 Å². The van der Waals surface area contributed by atoms with E-state index in [1.54, 1.807) is 11.8 Å². The Balaban J connectivity index is 1.72. The molecular weight excluding hydrogens is 282 g/mol. The molecule has 0 spiro atoms. The van der Waals surface area contributed by atoms with Crippen molar-refractivity contribution in [2.45, 2.75) is 26.2 Å². The van der Waals surface area contributed by atoms with Gasteiger partial charge in [0.1, 0.15) is 5.82 Å². The molecule has 1 aromatic heterocycles. The van der Waals surface area contributed by atoms with Crippen molar-refractivity contribution >= 4 is 22.9 Å². The van der Waals surface area contributed by atoms with Crippen LogP contribution >= 0.6 is 0 Å². The van der Waals surface area contributed by atoms with Gasteiger partial charge in [-0.2, -0.15) is 0 Å². The van der Waals surface area contributed by atoms with E-state index in [1.807, 2.05) is 24.3 Å². The van der Waals surface area contributed by atoms with E-state index in [-0.39, 0.29) is 18.9 Å². The number of piperidine rings is 1. The number of hydrogen-bond acceptors (Lipinski definition) is 3. The molecular formula is C16H19N3O3. The van der Waals surface area contributed by atoms with E-state index < -0.39 is 11.4 Å². The largest absolute Gasteiger partial charge is 0.481 e. The average molecular weight is 301 g/mol. The third kappa shape index (κ3) is 2.68. The van der Waals surface area contributed by atoms with E-state index in [0.717, 1.165) is 11.0 Å². The second kappa shape index (κ2) is 5.44. The van der Waals surface area contributed by atoms with Crippen molar-refractivity contribution in [2.75, 3.05) is 13.1 Å². The van der Waals surface area contributed by atoms with Crippen molar-refractivity contribution in [2.24, 2.45) is 5.41 Å². The number of H-pyrrole nitrogens is 1. The van der Waals surface area contributed by atoms with Crippen molar-refractivity contribution in [1.82, 2.24) is 14.9 Å². The Bertz CT molecular complexity index is 691. The Hall–Kier alpha value is -2.37. The smallest absolute Gasteiger partial charge is 0.311 e. The predicted octanol–water partition coefficient (Wildman–Crippen LogP) is 1.82. The number of benzene rings is 1. The minimum Gasteiger partial charge on any atom is -0.481 e. The molecule has 0 radical (unpaired) electrons. The molecule has 2 heterocycles. The number of likely N-dealkylation sites (tertiary alicyclic amines) is 1. The number of aliphatic carboxylic acids is 1. The fourth-order valence-corrected chi connectivity index (χ4v) is 2.97. The lowest BCUT2D eigenvalue weighted by molar-refractivity contribution is -0.153. The van der Waals surface area contributed by atoms with Gasteiger partial charge in [0.2, 0.25) is 5.91 Å². The minimum atomic E-state index is -0.845. The predicted molar refractivity (Wildman–Crippen MR) is 81.4 cm³/mol. The number of carbonyl (C=O) groups is 2. The summed E-state index contributed by atoms with van der Waals surface area (Å²) in [6.07, 6.45) is 1.50. The number of hydrogen-bond donors (Lipinski definition) is 2. The number of carboxylic acid groups (broad SMARTS) is 1. The highest BCUT2D eigenvalue weighted by atomic mass is 16.4. The van der Waals surface area contributed by atoms with Gasteiger partial charge < -0.3 is 15.0 Å². The third-order valence-corrected chi connectivity index (χ3v) is 4.32. The van der Waals surface area contributed by atoms with Crippen LogP contribution in [0.15, 0.2) is 24.3 Å². The number of nitrogens with one attached hydrogen (secondary N) is 1. The molecule has 6 heteroatoms. The number of aromatic amines is 1. The molecule has 1 unspecified atom stereocenters.